The Balaban J connectivity index is 1.29. The van der Waals surface area contributed by atoms with E-state index in [0.29, 0.717) is 0 Å². The lowest BCUT2D eigenvalue weighted by molar-refractivity contribution is 1.71. The Kier molecular flexibility index (Phi) is 5.85. The fourth-order valence-electron chi connectivity index (χ4n) is 11.0. The second-order valence-electron chi connectivity index (χ2n) is 16.3. The summed E-state index contributed by atoms with van der Waals surface area (Å²) in [6, 6.07) is 73.5. The van der Waals surface area contributed by atoms with Gasteiger partial charge in [-0.2, -0.15) is 0 Å². The number of hydrogen-bond donors (Lipinski definition) is 0. The maximum Gasteiger partial charge on any atom is -0.000719 e. The summed E-state index contributed by atoms with van der Waals surface area (Å²) in [6.07, 6.45) is 0. The van der Waals surface area contributed by atoms with E-state index in [1.54, 1.807) is 0 Å². The van der Waals surface area contributed by atoms with Crippen LogP contribution in [0.2, 0.25) is 0 Å². The predicted octanol–water partition coefficient (Wildman–Crippen LogP) is 16.6. The van der Waals surface area contributed by atoms with Gasteiger partial charge in [-0.25, -0.2) is 0 Å². The van der Waals surface area contributed by atoms with E-state index in [0.717, 1.165) is 0 Å². The molecule has 0 amide bonds. The monoisotopic (exact) mass is 728 g/mol. The van der Waals surface area contributed by atoms with Gasteiger partial charge in [0.25, 0.3) is 0 Å². The van der Waals surface area contributed by atoms with Crippen molar-refractivity contribution in [1.82, 2.24) is 0 Å². The van der Waals surface area contributed by atoms with Crippen LogP contribution in [0.5, 0.6) is 0 Å². The van der Waals surface area contributed by atoms with Gasteiger partial charge in [-0.1, -0.05) is 158 Å². The smallest absolute Gasteiger partial charge is 0.000719 e. The van der Waals surface area contributed by atoms with E-state index in [2.05, 4.69) is 194 Å². The number of benzene rings is 12. The fraction of sp³-hybridized carbons (Fsp3) is 0. The summed E-state index contributed by atoms with van der Waals surface area (Å²) in [4.78, 5) is 0. The average Bonchev–Trinajstić information content (AvgIpc) is 3.77. The minimum Gasteiger partial charge on any atom is -0.0616 e. The van der Waals surface area contributed by atoms with Crippen molar-refractivity contribution in [3.05, 3.63) is 194 Å². The highest BCUT2D eigenvalue weighted by atomic mass is 14.3. The van der Waals surface area contributed by atoms with Crippen molar-refractivity contribution < 1.29 is 0 Å². The molecule has 0 heterocycles. The van der Waals surface area contributed by atoms with Gasteiger partial charge in [0.1, 0.15) is 0 Å². The third-order valence-electron chi connectivity index (χ3n) is 13.4. The average molecular weight is 729 g/mol. The number of rotatable bonds is 2. The third kappa shape index (κ3) is 3.94. The molecule has 0 radical (unpaired) electrons. The van der Waals surface area contributed by atoms with Crippen LogP contribution in [0.4, 0.5) is 0 Å². The van der Waals surface area contributed by atoms with Gasteiger partial charge < -0.3 is 0 Å². The number of hydrogen-bond acceptors (Lipinski definition) is 0. The molecule has 0 spiro atoms. The van der Waals surface area contributed by atoms with Crippen molar-refractivity contribution in [1.29, 1.82) is 0 Å². The second-order valence-corrected chi connectivity index (χ2v) is 16.3. The van der Waals surface area contributed by atoms with E-state index in [4.69, 9.17) is 0 Å². The molecule has 0 aliphatic rings. The SMILES string of the molecule is c1ccc2cc(-c3c4cc5c(cc4c(-c4ccc6ccccc6c4)c4c6cc7ccccc7c7cccc(c34)c76)c3cccc4c6ccccc6cc5c43)ccc2c1. The molecular formula is C58H32. The van der Waals surface area contributed by atoms with Gasteiger partial charge in [0, 0.05) is 0 Å². The van der Waals surface area contributed by atoms with Gasteiger partial charge in [-0.15, -0.1) is 0 Å². The highest BCUT2D eigenvalue weighted by molar-refractivity contribution is 6.44. The third-order valence-corrected chi connectivity index (χ3v) is 13.4. The Bertz CT molecular complexity index is 4070. The molecule has 0 fully saturated rings. The summed E-state index contributed by atoms with van der Waals surface area (Å²) in [5.74, 6) is 0. The number of fused-ring (bicyclic) bond motifs is 13. The molecule has 0 N–H and O–H groups in total. The Morgan fingerprint density at radius 1 is 0.172 bits per heavy atom. The molecule has 0 bridgehead atoms. The molecule has 0 atom stereocenters. The van der Waals surface area contributed by atoms with Crippen LogP contribution in [0.3, 0.4) is 0 Å². The van der Waals surface area contributed by atoms with Gasteiger partial charge in [-0.3, -0.25) is 0 Å². The molecule has 0 unspecified atom stereocenters. The maximum atomic E-state index is 2.56. The molecule has 0 nitrogen and oxygen atoms in total. The van der Waals surface area contributed by atoms with Crippen molar-refractivity contribution in [3.8, 4) is 22.3 Å². The van der Waals surface area contributed by atoms with Crippen LogP contribution in [0, 0.1) is 0 Å². The van der Waals surface area contributed by atoms with Gasteiger partial charge in [-0.05, 0) is 177 Å². The van der Waals surface area contributed by atoms with Crippen molar-refractivity contribution in [2.45, 2.75) is 0 Å². The summed E-state index contributed by atoms with van der Waals surface area (Å²) in [5.41, 5.74) is 5.12. The molecule has 0 heteroatoms. The molecule has 14 aromatic rings. The first-order valence-corrected chi connectivity index (χ1v) is 20.3. The highest BCUT2D eigenvalue weighted by Crippen LogP contribution is 2.54. The summed E-state index contributed by atoms with van der Waals surface area (Å²) in [6.45, 7) is 0. The van der Waals surface area contributed by atoms with Crippen molar-refractivity contribution in [3.63, 3.8) is 0 Å². The highest BCUT2D eigenvalue weighted by Gasteiger charge is 2.26. The maximum absolute atomic E-state index is 2.56. The zero-order valence-corrected chi connectivity index (χ0v) is 31.5. The van der Waals surface area contributed by atoms with E-state index >= 15 is 0 Å². The topological polar surface area (TPSA) is 0 Å². The standard InChI is InChI=1S/C58H32/c1-3-13-35-27-39(25-23-33(35)11-1)53-51-32-48-47(45-21-9-19-43-41-17-7-5-15-37(41)29-49(48)55(43)45)31-50(51)54(40-26-24-34-12-2-4-14-36(34)28-40)58-52-30-38-16-6-8-18-42(38)44-20-10-22-46(56(44)52)57(53)58/h1-32H. The lowest BCUT2D eigenvalue weighted by atomic mass is 9.84. The molecule has 58 heavy (non-hydrogen) atoms. The first kappa shape index (κ1) is 30.7. The first-order chi connectivity index (χ1) is 28.8. The molecule has 0 aromatic heterocycles. The Morgan fingerprint density at radius 2 is 0.569 bits per heavy atom. The van der Waals surface area contributed by atoms with E-state index in [1.807, 2.05) is 0 Å². The van der Waals surface area contributed by atoms with Crippen LogP contribution in [-0.2, 0) is 0 Å². The van der Waals surface area contributed by atoms with Crippen LogP contribution < -0.4 is 0 Å². The van der Waals surface area contributed by atoms with Crippen LogP contribution in [0.1, 0.15) is 0 Å². The minimum atomic E-state index is 1.25. The molecule has 0 aliphatic heterocycles. The van der Waals surface area contributed by atoms with Gasteiger partial charge >= 0.3 is 0 Å². The lowest BCUT2D eigenvalue weighted by Crippen LogP contribution is -1.90. The van der Waals surface area contributed by atoms with Gasteiger partial charge in [0.05, 0.1) is 0 Å². The molecule has 0 saturated carbocycles. The van der Waals surface area contributed by atoms with Crippen LogP contribution in [0.25, 0.3) is 141 Å². The van der Waals surface area contributed by atoms with E-state index < -0.39 is 0 Å². The molecule has 0 aliphatic carbocycles. The molecule has 14 rings (SSSR count). The fourth-order valence-corrected chi connectivity index (χ4v) is 11.0. The summed E-state index contributed by atoms with van der Waals surface area (Å²) in [7, 11) is 0. The van der Waals surface area contributed by atoms with Crippen LogP contribution in [-0.4, -0.2) is 0 Å². The molecule has 14 aromatic carbocycles. The summed E-state index contributed by atoms with van der Waals surface area (Å²) >= 11 is 0. The predicted molar refractivity (Wildman–Crippen MR) is 252 cm³/mol. The Hall–Kier alpha value is -7.54. The van der Waals surface area contributed by atoms with Crippen molar-refractivity contribution in [2.24, 2.45) is 0 Å². The largest absolute Gasteiger partial charge is 0.0616 e. The summed E-state index contributed by atoms with van der Waals surface area (Å²) in [5, 5.41) is 28.7. The van der Waals surface area contributed by atoms with E-state index in [9.17, 15) is 0 Å². The normalized spacial score (nSPS) is 12.5. The van der Waals surface area contributed by atoms with Crippen molar-refractivity contribution in [2.75, 3.05) is 0 Å². The molecule has 0 saturated heterocycles. The first-order valence-electron chi connectivity index (χ1n) is 20.3. The molecular weight excluding hydrogens is 697 g/mol. The second kappa shape index (κ2) is 11.1. The quantitative estimate of drug-likeness (QED) is 0.156. The van der Waals surface area contributed by atoms with Crippen molar-refractivity contribution >= 4 is 118 Å². The Morgan fingerprint density at radius 3 is 1.14 bits per heavy atom. The van der Waals surface area contributed by atoms with E-state index in [-0.39, 0.29) is 0 Å². The van der Waals surface area contributed by atoms with Crippen LogP contribution in [0.15, 0.2) is 194 Å². The zero-order chi connectivity index (χ0) is 37.6. The van der Waals surface area contributed by atoms with Gasteiger partial charge in [0.2, 0.25) is 0 Å². The summed E-state index contributed by atoms with van der Waals surface area (Å²) < 4.78 is 0. The Labute approximate surface area is 333 Å². The van der Waals surface area contributed by atoms with Crippen LogP contribution >= 0.6 is 0 Å². The van der Waals surface area contributed by atoms with Gasteiger partial charge in [0.15, 0.2) is 0 Å². The minimum absolute atomic E-state index is 1.25. The van der Waals surface area contributed by atoms with E-state index in [1.165, 1.54) is 141 Å². The lowest BCUT2D eigenvalue weighted by Gasteiger charge is -2.18. The zero-order valence-electron chi connectivity index (χ0n) is 31.5. The molecule has 264 valence electrons.